The molecule has 7 N–H and O–H groups in total. The van der Waals surface area contributed by atoms with Crippen molar-refractivity contribution in [2.45, 2.75) is 31.5 Å². The molecular formula is C10H17N2O15P3. The van der Waals surface area contributed by atoms with Crippen LogP contribution in [-0.4, -0.2) is 64.3 Å². The fraction of sp³-hybridized carbons (Fsp3) is 0.600. The van der Waals surface area contributed by atoms with Crippen molar-refractivity contribution in [1.29, 1.82) is 0 Å². The molecule has 0 saturated carbocycles. The standard InChI is InChI=1S/C10H17N2O15P3/c1-4-2-12(10(16)11-8(4)15)9-7(14)6(13)5(25-9)3-24-29(20,21)27-30(22,23)26-28(17,18)19/h2,5-7,9,13-14H,3H2,1H3,(H,20,21)(H,22,23)(H,11,15,16)(H2,17,18,19)/t5-,6?,7?,9-/m0/s1. The van der Waals surface area contributed by atoms with Crippen LogP contribution in [0.25, 0.3) is 0 Å². The zero-order chi connectivity index (χ0) is 23.1. The van der Waals surface area contributed by atoms with Crippen molar-refractivity contribution in [3.63, 3.8) is 0 Å². The molecule has 2 rings (SSSR count). The maximum Gasteiger partial charge on any atom is 0.490 e. The number of aliphatic hydroxyl groups is 2. The molecule has 1 aliphatic rings. The van der Waals surface area contributed by atoms with E-state index in [1.807, 2.05) is 4.98 Å². The van der Waals surface area contributed by atoms with Crippen LogP contribution in [0.15, 0.2) is 15.8 Å². The first-order chi connectivity index (χ1) is 13.5. The van der Waals surface area contributed by atoms with E-state index in [0.29, 0.717) is 0 Å². The molecule has 1 saturated heterocycles. The van der Waals surface area contributed by atoms with Crippen LogP contribution in [0, 0.1) is 6.92 Å². The van der Waals surface area contributed by atoms with Gasteiger partial charge in [-0.15, -0.1) is 0 Å². The zero-order valence-electron chi connectivity index (χ0n) is 14.7. The molecule has 1 aliphatic heterocycles. The van der Waals surface area contributed by atoms with Gasteiger partial charge in [-0.2, -0.15) is 8.62 Å². The lowest BCUT2D eigenvalue weighted by Gasteiger charge is -2.19. The molecule has 0 amide bonds. The van der Waals surface area contributed by atoms with E-state index < -0.39 is 65.9 Å². The average Bonchev–Trinajstić information content (AvgIpc) is 2.81. The second-order valence-electron chi connectivity index (χ2n) is 5.91. The third-order valence-electron chi connectivity index (χ3n) is 3.58. The van der Waals surface area contributed by atoms with Crippen LogP contribution in [0.5, 0.6) is 0 Å². The molecule has 0 radical (unpaired) electrons. The Hall–Kier alpha value is -1.03. The normalized spacial score (nSPS) is 28.8. The van der Waals surface area contributed by atoms with Crippen LogP contribution >= 0.6 is 23.5 Å². The Morgan fingerprint density at radius 1 is 1.07 bits per heavy atom. The summed E-state index contributed by atoms with van der Waals surface area (Å²) in [5.41, 5.74) is -1.62. The van der Waals surface area contributed by atoms with Gasteiger partial charge in [0.15, 0.2) is 6.23 Å². The minimum absolute atomic E-state index is 0.0663. The van der Waals surface area contributed by atoms with Crippen molar-refractivity contribution in [2.24, 2.45) is 0 Å². The highest BCUT2D eigenvalue weighted by molar-refractivity contribution is 7.66. The summed E-state index contributed by atoms with van der Waals surface area (Å²) in [7, 11) is -16.8. The molecule has 1 fully saturated rings. The number of H-pyrrole nitrogens is 1. The lowest BCUT2D eigenvalue weighted by Crippen LogP contribution is -2.38. The molecule has 0 aromatic carbocycles. The van der Waals surface area contributed by atoms with E-state index in [-0.39, 0.29) is 5.56 Å². The first-order valence-electron chi connectivity index (χ1n) is 7.63. The highest BCUT2D eigenvalue weighted by Crippen LogP contribution is 2.66. The number of nitrogens with zero attached hydrogens (tertiary/aromatic N) is 1. The van der Waals surface area contributed by atoms with Gasteiger partial charge in [0.05, 0.1) is 6.61 Å². The number of aromatic nitrogens is 2. The van der Waals surface area contributed by atoms with Crippen molar-refractivity contribution >= 4 is 23.5 Å². The number of phosphoric ester groups is 1. The lowest BCUT2D eigenvalue weighted by atomic mass is 10.1. The molecule has 17 nitrogen and oxygen atoms in total. The smallest absolute Gasteiger partial charge is 0.387 e. The molecule has 20 heteroatoms. The van der Waals surface area contributed by atoms with Gasteiger partial charge in [0, 0.05) is 11.8 Å². The number of nitrogens with one attached hydrogen (secondary N) is 1. The van der Waals surface area contributed by atoms with Crippen LogP contribution in [0.2, 0.25) is 0 Å². The summed E-state index contributed by atoms with van der Waals surface area (Å²) in [6.45, 7) is 0.300. The molecule has 0 aliphatic carbocycles. The average molecular weight is 498 g/mol. The number of hydrogen-bond acceptors (Lipinski definition) is 11. The maximum absolute atomic E-state index is 11.9. The van der Waals surface area contributed by atoms with Crippen molar-refractivity contribution in [2.75, 3.05) is 6.61 Å². The van der Waals surface area contributed by atoms with Gasteiger partial charge >= 0.3 is 29.2 Å². The third-order valence-corrected chi connectivity index (χ3v) is 7.38. The minimum atomic E-state index is -5.73. The van der Waals surface area contributed by atoms with Crippen molar-refractivity contribution < 1.29 is 61.4 Å². The van der Waals surface area contributed by atoms with Crippen LogP contribution < -0.4 is 11.2 Å². The largest absolute Gasteiger partial charge is 0.490 e. The van der Waals surface area contributed by atoms with Crippen LogP contribution in [0.1, 0.15) is 11.8 Å². The maximum atomic E-state index is 11.9. The number of aliphatic hydroxyl groups excluding tert-OH is 2. The summed E-state index contributed by atoms with van der Waals surface area (Å²) in [6.07, 6.45) is -5.64. The van der Waals surface area contributed by atoms with Gasteiger partial charge in [-0.25, -0.2) is 18.5 Å². The number of aromatic amines is 1. The summed E-state index contributed by atoms with van der Waals surface area (Å²) in [6, 6.07) is 0. The molecule has 0 bridgehead atoms. The summed E-state index contributed by atoms with van der Waals surface area (Å²) >= 11 is 0. The van der Waals surface area contributed by atoms with E-state index in [1.54, 1.807) is 0 Å². The van der Waals surface area contributed by atoms with E-state index in [1.165, 1.54) is 6.92 Å². The quantitative estimate of drug-likeness (QED) is 0.188. The Morgan fingerprint density at radius 2 is 1.67 bits per heavy atom. The zero-order valence-corrected chi connectivity index (χ0v) is 17.4. The number of rotatable bonds is 8. The topological polar surface area (TPSA) is 264 Å². The Labute approximate surface area is 165 Å². The van der Waals surface area contributed by atoms with Gasteiger partial charge in [-0.3, -0.25) is 18.9 Å². The first kappa shape index (κ1) is 25.2. The van der Waals surface area contributed by atoms with Gasteiger partial charge in [-0.05, 0) is 6.92 Å². The third kappa shape index (κ3) is 6.48. The van der Waals surface area contributed by atoms with Gasteiger partial charge in [0.25, 0.3) is 5.56 Å². The van der Waals surface area contributed by atoms with Gasteiger partial charge in [-0.1, -0.05) is 0 Å². The van der Waals surface area contributed by atoms with E-state index in [4.69, 9.17) is 19.4 Å². The molecule has 6 atom stereocenters. The van der Waals surface area contributed by atoms with E-state index in [9.17, 15) is 38.4 Å². The van der Waals surface area contributed by atoms with Gasteiger partial charge in [0.2, 0.25) is 0 Å². The fourth-order valence-corrected chi connectivity index (χ4v) is 5.37. The number of phosphoric acid groups is 3. The summed E-state index contributed by atoms with van der Waals surface area (Å²) in [5.74, 6) is 0. The number of ether oxygens (including phenoxy) is 1. The first-order valence-corrected chi connectivity index (χ1v) is 12.2. The molecule has 1 aromatic heterocycles. The molecule has 30 heavy (non-hydrogen) atoms. The predicted octanol–water partition coefficient (Wildman–Crippen LogP) is -2.19. The predicted molar refractivity (Wildman–Crippen MR) is 91.8 cm³/mol. The second-order valence-corrected chi connectivity index (χ2v) is 10.3. The van der Waals surface area contributed by atoms with Crippen LogP contribution in [0.3, 0.4) is 0 Å². The van der Waals surface area contributed by atoms with Crippen LogP contribution in [0.4, 0.5) is 0 Å². The highest BCUT2D eigenvalue weighted by Gasteiger charge is 2.46. The Morgan fingerprint density at radius 3 is 2.23 bits per heavy atom. The highest BCUT2D eigenvalue weighted by atomic mass is 31.3. The minimum Gasteiger partial charge on any atom is -0.387 e. The Bertz CT molecular complexity index is 1040. The second kappa shape index (κ2) is 8.84. The SMILES string of the molecule is Cc1cn([C@H]2O[C@@H](COP(=O)(O)OP(=O)(O)OP(=O)(O)O)C(O)C2O)c(=O)[nH]c1=O. The van der Waals surface area contributed by atoms with Gasteiger partial charge in [0.1, 0.15) is 18.3 Å². The Kier molecular flexibility index (Phi) is 7.44. The molecular weight excluding hydrogens is 481 g/mol. The molecule has 4 unspecified atom stereocenters. The lowest BCUT2D eigenvalue weighted by molar-refractivity contribution is -0.0543. The Balaban J connectivity index is 2.09. The fourth-order valence-electron chi connectivity index (χ4n) is 2.34. The van der Waals surface area contributed by atoms with Crippen LogP contribution in [-0.2, 0) is 31.6 Å². The molecule has 1 aromatic rings. The number of hydrogen-bond donors (Lipinski definition) is 7. The summed E-state index contributed by atoms with van der Waals surface area (Å²) in [4.78, 5) is 60.6. The molecule has 2 heterocycles. The monoisotopic (exact) mass is 498 g/mol. The van der Waals surface area contributed by atoms with E-state index in [2.05, 4.69) is 13.1 Å². The summed E-state index contributed by atoms with van der Waals surface area (Å²) in [5, 5.41) is 20.1. The van der Waals surface area contributed by atoms with Crippen molar-refractivity contribution in [1.82, 2.24) is 9.55 Å². The van der Waals surface area contributed by atoms with Gasteiger partial charge < -0.3 is 34.5 Å². The van der Waals surface area contributed by atoms with E-state index >= 15 is 0 Å². The van der Waals surface area contributed by atoms with Crippen molar-refractivity contribution in [3.05, 3.63) is 32.6 Å². The van der Waals surface area contributed by atoms with Crippen molar-refractivity contribution in [3.8, 4) is 0 Å². The number of aryl methyl sites for hydroxylation is 1. The summed E-state index contributed by atoms with van der Waals surface area (Å²) < 4.78 is 50.8. The molecule has 0 spiro atoms. The van der Waals surface area contributed by atoms with E-state index in [0.717, 1.165) is 10.8 Å². The molecule has 172 valence electrons.